The smallest absolute Gasteiger partial charge is 0.342 e. The van der Waals surface area contributed by atoms with Crippen LogP contribution in [0.4, 0.5) is 5.69 Å². The van der Waals surface area contributed by atoms with Gasteiger partial charge in [0, 0.05) is 12.7 Å². The molecule has 0 amide bonds. The molecule has 1 atom stereocenters. The third-order valence-electron chi connectivity index (χ3n) is 2.98. The molecule has 1 saturated heterocycles. The molecule has 8 heteroatoms. The van der Waals surface area contributed by atoms with Crippen molar-refractivity contribution in [2.24, 2.45) is 0 Å². The van der Waals surface area contributed by atoms with E-state index in [1.807, 2.05) is 0 Å². The zero-order chi connectivity index (χ0) is 14.5. The summed E-state index contributed by atoms with van der Waals surface area (Å²) in [4.78, 5) is 24.6. The van der Waals surface area contributed by atoms with Gasteiger partial charge in [-0.15, -0.1) is 0 Å². The van der Waals surface area contributed by atoms with Crippen LogP contribution >= 0.6 is 0 Å². The zero-order valence-corrected chi connectivity index (χ0v) is 10.7. The molecule has 1 aliphatic rings. The second-order valence-electron chi connectivity index (χ2n) is 4.40. The molecule has 0 aliphatic carbocycles. The van der Waals surface area contributed by atoms with Crippen LogP contribution in [0.15, 0.2) is 12.3 Å². The summed E-state index contributed by atoms with van der Waals surface area (Å²) in [7, 11) is 0. The van der Waals surface area contributed by atoms with Crippen LogP contribution in [0, 0.1) is 10.1 Å². The number of pyridine rings is 1. The largest absolute Gasteiger partial charge is 0.477 e. The van der Waals surface area contributed by atoms with Crippen LogP contribution in [-0.4, -0.2) is 40.3 Å². The number of ether oxygens (including phenoxy) is 2. The van der Waals surface area contributed by atoms with E-state index >= 15 is 0 Å². The number of nitro groups is 1. The molecule has 2 heterocycles. The average Bonchev–Trinajstić information content (AvgIpc) is 2.45. The molecule has 2 rings (SSSR count). The van der Waals surface area contributed by atoms with E-state index in [-0.39, 0.29) is 18.6 Å². The molecular weight excluding hydrogens is 268 g/mol. The van der Waals surface area contributed by atoms with Crippen molar-refractivity contribution in [3.63, 3.8) is 0 Å². The van der Waals surface area contributed by atoms with Crippen molar-refractivity contribution in [3.05, 3.63) is 27.9 Å². The van der Waals surface area contributed by atoms with Crippen molar-refractivity contribution in [2.75, 3.05) is 13.2 Å². The molecule has 0 saturated carbocycles. The van der Waals surface area contributed by atoms with Crippen molar-refractivity contribution in [2.45, 2.75) is 25.4 Å². The maximum Gasteiger partial charge on any atom is 0.342 e. The van der Waals surface area contributed by atoms with Crippen LogP contribution in [0.1, 0.15) is 29.6 Å². The van der Waals surface area contributed by atoms with Gasteiger partial charge in [-0.25, -0.2) is 9.78 Å². The van der Waals surface area contributed by atoms with Crippen LogP contribution in [0.25, 0.3) is 0 Å². The Morgan fingerprint density at radius 2 is 2.40 bits per heavy atom. The fourth-order valence-corrected chi connectivity index (χ4v) is 1.94. The predicted octanol–water partition coefficient (Wildman–Crippen LogP) is 1.64. The number of aromatic nitrogens is 1. The van der Waals surface area contributed by atoms with E-state index in [1.54, 1.807) is 0 Å². The van der Waals surface area contributed by atoms with Crippen LogP contribution in [0.2, 0.25) is 0 Å². The highest BCUT2D eigenvalue weighted by Gasteiger charge is 2.22. The number of rotatable bonds is 5. The molecule has 1 aromatic heterocycles. The Bertz CT molecular complexity index is 513. The number of nitrogens with zero attached hydrogens (tertiary/aromatic N) is 2. The van der Waals surface area contributed by atoms with E-state index in [0.717, 1.165) is 31.5 Å². The minimum absolute atomic E-state index is 0.0437. The maximum atomic E-state index is 11.0. The molecule has 0 bridgehead atoms. The minimum Gasteiger partial charge on any atom is -0.477 e. The molecule has 1 fully saturated rings. The van der Waals surface area contributed by atoms with Gasteiger partial charge in [0.25, 0.3) is 0 Å². The van der Waals surface area contributed by atoms with Crippen LogP contribution in [-0.2, 0) is 4.74 Å². The molecule has 1 aliphatic heterocycles. The number of hydrogen-bond acceptors (Lipinski definition) is 6. The highest BCUT2D eigenvalue weighted by molar-refractivity contribution is 5.92. The monoisotopic (exact) mass is 282 g/mol. The Hall–Kier alpha value is -2.22. The van der Waals surface area contributed by atoms with E-state index in [0.29, 0.717) is 6.61 Å². The van der Waals surface area contributed by atoms with Gasteiger partial charge in [0.05, 0.1) is 11.0 Å². The molecule has 8 nitrogen and oxygen atoms in total. The maximum absolute atomic E-state index is 11.0. The summed E-state index contributed by atoms with van der Waals surface area (Å²) in [5, 5.41) is 19.6. The van der Waals surface area contributed by atoms with Gasteiger partial charge in [-0.2, -0.15) is 0 Å². The Morgan fingerprint density at radius 3 is 3.00 bits per heavy atom. The lowest BCUT2D eigenvalue weighted by Gasteiger charge is -2.22. The van der Waals surface area contributed by atoms with Crippen molar-refractivity contribution < 1.29 is 24.3 Å². The summed E-state index contributed by atoms with van der Waals surface area (Å²) < 4.78 is 10.8. The molecule has 0 spiro atoms. The third-order valence-corrected chi connectivity index (χ3v) is 2.98. The molecule has 1 N–H and O–H groups in total. The van der Waals surface area contributed by atoms with Gasteiger partial charge in [0.1, 0.15) is 18.4 Å². The molecule has 0 aromatic carbocycles. The third kappa shape index (κ3) is 3.41. The number of carboxylic acids is 1. The first-order valence-electron chi connectivity index (χ1n) is 6.20. The Labute approximate surface area is 114 Å². The summed E-state index contributed by atoms with van der Waals surface area (Å²) in [5.41, 5.74) is -0.997. The van der Waals surface area contributed by atoms with Gasteiger partial charge in [-0.3, -0.25) is 10.1 Å². The Morgan fingerprint density at radius 1 is 1.60 bits per heavy atom. The SMILES string of the molecule is O=C(O)c1cc(OCC2CCCCO2)ncc1[N+](=O)[O-]. The first kappa shape index (κ1) is 14.2. The Kier molecular flexibility index (Phi) is 4.46. The van der Waals surface area contributed by atoms with Crippen LogP contribution in [0.5, 0.6) is 5.88 Å². The summed E-state index contributed by atoms with van der Waals surface area (Å²) in [6.45, 7) is 0.936. The van der Waals surface area contributed by atoms with Gasteiger partial charge in [-0.1, -0.05) is 0 Å². The van der Waals surface area contributed by atoms with E-state index in [1.165, 1.54) is 0 Å². The van der Waals surface area contributed by atoms with Crippen molar-refractivity contribution >= 4 is 11.7 Å². The summed E-state index contributed by atoms with van der Waals surface area (Å²) in [6, 6.07) is 1.06. The van der Waals surface area contributed by atoms with Crippen molar-refractivity contribution in [3.8, 4) is 5.88 Å². The fourth-order valence-electron chi connectivity index (χ4n) is 1.94. The lowest BCUT2D eigenvalue weighted by atomic mass is 10.1. The molecule has 1 unspecified atom stereocenters. The van der Waals surface area contributed by atoms with E-state index < -0.39 is 22.1 Å². The van der Waals surface area contributed by atoms with Gasteiger partial charge in [0.15, 0.2) is 0 Å². The molecule has 108 valence electrons. The second kappa shape index (κ2) is 6.29. The van der Waals surface area contributed by atoms with E-state index in [4.69, 9.17) is 14.6 Å². The highest BCUT2D eigenvalue weighted by Crippen LogP contribution is 2.22. The van der Waals surface area contributed by atoms with Gasteiger partial charge in [-0.05, 0) is 19.3 Å². The predicted molar refractivity (Wildman–Crippen MR) is 66.9 cm³/mol. The molecule has 1 aromatic rings. The highest BCUT2D eigenvalue weighted by atomic mass is 16.6. The number of carbonyl (C=O) groups is 1. The quantitative estimate of drug-likeness (QED) is 0.645. The molecular formula is C12H14N2O6. The van der Waals surface area contributed by atoms with Gasteiger partial charge >= 0.3 is 11.7 Å². The lowest BCUT2D eigenvalue weighted by molar-refractivity contribution is -0.385. The lowest BCUT2D eigenvalue weighted by Crippen LogP contribution is -2.26. The number of hydrogen-bond donors (Lipinski definition) is 1. The molecule has 20 heavy (non-hydrogen) atoms. The summed E-state index contributed by atoms with van der Waals surface area (Å²) in [5.74, 6) is -1.35. The zero-order valence-electron chi connectivity index (χ0n) is 10.7. The number of carboxylic acid groups (broad SMARTS) is 1. The van der Waals surface area contributed by atoms with Crippen molar-refractivity contribution in [1.29, 1.82) is 0 Å². The normalized spacial score (nSPS) is 18.5. The van der Waals surface area contributed by atoms with Crippen molar-refractivity contribution in [1.82, 2.24) is 4.98 Å². The van der Waals surface area contributed by atoms with E-state index in [9.17, 15) is 14.9 Å². The van der Waals surface area contributed by atoms with Gasteiger partial charge < -0.3 is 14.6 Å². The summed E-state index contributed by atoms with van der Waals surface area (Å²) >= 11 is 0. The van der Waals surface area contributed by atoms with Crippen LogP contribution in [0.3, 0.4) is 0 Å². The number of aromatic carboxylic acids is 1. The Balaban J connectivity index is 2.06. The van der Waals surface area contributed by atoms with Crippen LogP contribution < -0.4 is 4.74 Å². The van der Waals surface area contributed by atoms with E-state index in [2.05, 4.69) is 4.98 Å². The standard InChI is InChI=1S/C12H14N2O6/c15-12(16)9-5-11(13-6-10(9)14(17)18)20-7-8-3-1-2-4-19-8/h5-6,8H,1-4,7H2,(H,15,16). The minimum atomic E-state index is -1.39. The first-order chi connectivity index (χ1) is 9.58. The van der Waals surface area contributed by atoms with Gasteiger partial charge in [0.2, 0.25) is 5.88 Å². The topological polar surface area (TPSA) is 112 Å². The summed E-state index contributed by atoms with van der Waals surface area (Å²) in [6.07, 6.45) is 3.80. The fraction of sp³-hybridized carbons (Fsp3) is 0.500. The first-order valence-corrected chi connectivity index (χ1v) is 6.20. The molecule has 0 radical (unpaired) electrons. The second-order valence-corrected chi connectivity index (χ2v) is 4.40. The average molecular weight is 282 g/mol.